The number of urea groups is 1. The summed E-state index contributed by atoms with van der Waals surface area (Å²) in [5.41, 5.74) is 6.30. The second-order valence-electron chi connectivity index (χ2n) is 4.96. The van der Waals surface area contributed by atoms with Crippen molar-refractivity contribution in [2.45, 2.75) is 25.2 Å². The number of anilines is 1. The first kappa shape index (κ1) is 17.7. The molecule has 3 amide bonds. The van der Waals surface area contributed by atoms with Gasteiger partial charge in [-0.05, 0) is 30.5 Å². The zero-order chi connectivity index (χ0) is 15.8. The van der Waals surface area contributed by atoms with E-state index in [0.717, 1.165) is 11.3 Å². The summed E-state index contributed by atoms with van der Waals surface area (Å²) in [6, 6.07) is 4.61. The van der Waals surface area contributed by atoms with Gasteiger partial charge in [-0.1, -0.05) is 25.4 Å². The van der Waals surface area contributed by atoms with Gasteiger partial charge < -0.3 is 11.1 Å². The topological polar surface area (TPSA) is 84.2 Å². The van der Waals surface area contributed by atoms with Crippen LogP contribution < -0.4 is 16.4 Å². The molecule has 7 heteroatoms. The van der Waals surface area contributed by atoms with Gasteiger partial charge in [0.2, 0.25) is 5.91 Å². The van der Waals surface area contributed by atoms with E-state index in [2.05, 4.69) is 24.5 Å². The molecule has 0 aromatic heterocycles. The Hall–Kier alpha value is -1.40. The molecule has 1 aromatic carbocycles. The smallest absolute Gasteiger partial charge is 0.321 e. The van der Waals surface area contributed by atoms with E-state index in [9.17, 15) is 9.59 Å². The predicted molar refractivity (Wildman–Crippen MR) is 87.6 cm³/mol. The summed E-state index contributed by atoms with van der Waals surface area (Å²) in [7, 11) is 0. The van der Waals surface area contributed by atoms with Crippen LogP contribution in [0.1, 0.15) is 20.3 Å². The van der Waals surface area contributed by atoms with E-state index in [-0.39, 0.29) is 11.7 Å². The number of nitrogens with one attached hydrogen (secondary N) is 2. The highest BCUT2D eigenvalue weighted by molar-refractivity contribution is 8.00. The quantitative estimate of drug-likeness (QED) is 0.553. The lowest BCUT2D eigenvalue weighted by molar-refractivity contribution is -0.117. The largest absolute Gasteiger partial charge is 0.398 e. The Morgan fingerprint density at radius 3 is 2.71 bits per heavy atom. The zero-order valence-electron chi connectivity index (χ0n) is 12.1. The number of imide groups is 1. The number of nitrogen functional groups attached to an aromatic ring is 1. The first-order valence-electron chi connectivity index (χ1n) is 6.64. The van der Waals surface area contributed by atoms with Gasteiger partial charge >= 0.3 is 6.03 Å². The maximum atomic E-state index is 11.6. The molecule has 1 rings (SSSR count). The monoisotopic (exact) mass is 329 g/mol. The summed E-state index contributed by atoms with van der Waals surface area (Å²) in [6.45, 7) is 4.68. The van der Waals surface area contributed by atoms with E-state index >= 15 is 0 Å². The first-order chi connectivity index (χ1) is 9.88. The normalized spacial score (nSPS) is 10.5. The standard InChI is InChI=1S/C14H20ClN3O2S/c1-9(2)5-6-17-14(20)18-13(19)8-21-12-4-3-10(15)7-11(12)16/h3-4,7,9H,5-6,8,16H2,1-2H3,(H2,17,18,19,20). The molecule has 0 fully saturated rings. The van der Waals surface area contributed by atoms with Crippen LogP contribution in [0.25, 0.3) is 0 Å². The summed E-state index contributed by atoms with van der Waals surface area (Å²) in [6.07, 6.45) is 0.873. The molecule has 0 aliphatic heterocycles. The number of nitrogens with two attached hydrogens (primary N) is 1. The van der Waals surface area contributed by atoms with Crippen molar-refractivity contribution in [2.24, 2.45) is 5.92 Å². The number of thioether (sulfide) groups is 1. The molecule has 0 spiro atoms. The predicted octanol–water partition coefficient (Wildman–Crippen LogP) is 2.89. The van der Waals surface area contributed by atoms with Crippen molar-refractivity contribution in [3.8, 4) is 0 Å². The minimum atomic E-state index is -0.467. The molecule has 0 aliphatic rings. The van der Waals surface area contributed by atoms with Crippen molar-refractivity contribution < 1.29 is 9.59 Å². The number of carbonyl (C=O) groups excluding carboxylic acids is 2. The van der Waals surface area contributed by atoms with Crippen molar-refractivity contribution in [3.05, 3.63) is 23.2 Å². The van der Waals surface area contributed by atoms with Crippen LogP contribution in [0.5, 0.6) is 0 Å². The Labute approximate surface area is 134 Å². The number of amides is 3. The summed E-state index contributed by atoms with van der Waals surface area (Å²) in [5, 5.41) is 5.46. The number of hydrogen-bond acceptors (Lipinski definition) is 4. The third-order valence-electron chi connectivity index (χ3n) is 2.59. The Morgan fingerprint density at radius 1 is 1.38 bits per heavy atom. The molecule has 5 nitrogen and oxygen atoms in total. The number of benzene rings is 1. The molecule has 116 valence electrons. The molecule has 0 saturated heterocycles. The SMILES string of the molecule is CC(C)CCNC(=O)NC(=O)CSc1ccc(Cl)cc1N. The Bertz CT molecular complexity index is 509. The van der Waals surface area contributed by atoms with E-state index in [1.165, 1.54) is 11.8 Å². The Kier molecular flexibility index (Phi) is 7.39. The second kappa shape index (κ2) is 8.79. The molecular formula is C14H20ClN3O2S. The van der Waals surface area contributed by atoms with Crippen molar-refractivity contribution in [1.29, 1.82) is 0 Å². The van der Waals surface area contributed by atoms with Crippen LogP contribution in [0.4, 0.5) is 10.5 Å². The molecule has 0 bridgehead atoms. The Morgan fingerprint density at radius 2 is 2.10 bits per heavy atom. The van der Waals surface area contributed by atoms with Crippen LogP contribution in [0, 0.1) is 5.92 Å². The molecule has 0 unspecified atom stereocenters. The molecule has 21 heavy (non-hydrogen) atoms. The van der Waals surface area contributed by atoms with Gasteiger partial charge in [-0.2, -0.15) is 0 Å². The van der Waals surface area contributed by atoms with Crippen molar-refractivity contribution in [2.75, 3.05) is 18.0 Å². The maximum absolute atomic E-state index is 11.6. The van der Waals surface area contributed by atoms with Gasteiger partial charge in [-0.15, -0.1) is 11.8 Å². The van der Waals surface area contributed by atoms with Crippen molar-refractivity contribution in [1.82, 2.24) is 10.6 Å². The third kappa shape index (κ3) is 7.24. The lowest BCUT2D eigenvalue weighted by Crippen LogP contribution is -2.40. The van der Waals surface area contributed by atoms with Gasteiger partial charge in [0.05, 0.1) is 5.75 Å². The van der Waals surface area contributed by atoms with E-state index in [4.69, 9.17) is 17.3 Å². The van der Waals surface area contributed by atoms with Gasteiger partial charge in [-0.3, -0.25) is 10.1 Å². The molecule has 0 radical (unpaired) electrons. The van der Waals surface area contributed by atoms with Crippen LogP contribution in [0.2, 0.25) is 5.02 Å². The number of halogens is 1. The fourth-order valence-electron chi connectivity index (χ4n) is 1.48. The van der Waals surface area contributed by atoms with Gasteiger partial charge in [0.15, 0.2) is 0 Å². The van der Waals surface area contributed by atoms with Crippen molar-refractivity contribution >= 4 is 41.0 Å². The maximum Gasteiger partial charge on any atom is 0.321 e. The molecule has 0 saturated carbocycles. The summed E-state index contributed by atoms with van der Waals surface area (Å²) in [4.78, 5) is 23.9. The third-order valence-corrected chi connectivity index (χ3v) is 3.92. The number of rotatable bonds is 6. The molecule has 4 N–H and O–H groups in total. The van der Waals surface area contributed by atoms with Crippen LogP contribution >= 0.6 is 23.4 Å². The summed E-state index contributed by atoms with van der Waals surface area (Å²) >= 11 is 7.06. The first-order valence-corrected chi connectivity index (χ1v) is 8.00. The molecule has 0 atom stereocenters. The highest BCUT2D eigenvalue weighted by Crippen LogP contribution is 2.27. The second-order valence-corrected chi connectivity index (χ2v) is 6.41. The lowest BCUT2D eigenvalue weighted by Gasteiger charge is -2.08. The Balaban J connectivity index is 2.32. The molecular weight excluding hydrogens is 310 g/mol. The van der Waals surface area contributed by atoms with Gasteiger partial charge in [0.25, 0.3) is 0 Å². The van der Waals surface area contributed by atoms with E-state index in [0.29, 0.717) is 23.2 Å². The lowest BCUT2D eigenvalue weighted by atomic mass is 10.1. The average Bonchev–Trinajstić information content (AvgIpc) is 2.37. The van der Waals surface area contributed by atoms with Crippen molar-refractivity contribution in [3.63, 3.8) is 0 Å². The van der Waals surface area contributed by atoms with E-state index in [1.54, 1.807) is 18.2 Å². The fourth-order valence-corrected chi connectivity index (χ4v) is 2.40. The molecule has 0 heterocycles. The molecule has 1 aromatic rings. The van der Waals surface area contributed by atoms with Crippen LogP contribution in [-0.4, -0.2) is 24.2 Å². The van der Waals surface area contributed by atoms with Gasteiger partial charge in [0.1, 0.15) is 0 Å². The van der Waals surface area contributed by atoms with E-state index in [1.807, 2.05) is 0 Å². The fraction of sp³-hybridized carbons (Fsp3) is 0.429. The minimum Gasteiger partial charge on any atom is -0.398 e. The summed E-state index contributed by atoms with van der Waals surface area (Å²) < 4.78 is 0. The highest BCUT2D eigenvalue weighted by atomic mass is 35.5. The van der Waals surface area contributed by atoms with Gasteiger partial charge in [0, 0.05) is 22.2 Å². The number of carbonyl (C=O) groups is 2. The highest BCUT2D eigenvalue weighted by Gasteiger charge is 2.09. The zero-order valence-corrected chi connectivity index (χ0v) is 13.7. The van der Waals surface area contributed by atoms with Crippen LogP contribution in [0.15, 0.2) is 23.1 Å². The number of hydrogen-bond donors (Lipinski definition) is 3. The van der Waals surface area contributed by atoms with E-state index < -0.39 is 6.03 Å². The molecule has 0 aliphatic carbocycles. The van der Waals surface area contributed by atoms with Gasteiger partial charge in [-0.25, -0.2) is 4.79 Å². The van der Waals surface area contributed by atoms with Crippen LogP contribution in [-0.2, 0) is 4.79 Å². The summed E-state index contributed by atoms with van der Waals surface area (Å²) in [5.74, 6) is 0.254. The average molecular weight is 330 g/mol. The van der Waals surface area contributed by atoms with Crippen LogP contribution in [0.3, 0.4) is 0 Å². The minimum absolute atomic E-state index is 0.115.